The number of carbonyl (C=O) groups is 3. The molecular formula is C14H17NO5. The second kappa shape index (κ2) is 7.28. The number of nitrogens with zero attached hydrogens (tertiary/aromatic N) is 1. The lowest BCUT2D eigenvalue weighted by atomic mass is 10.2. The molecule has 1 N–H and O–H groups in total. The van der Waals surface area contributed by atoms with Gasteiger partial charge in [-0.3, -0.25) is 4.79 Å². The Morgan fingerprint density at radius 2 is 1.85 bits per heavy atom. The summed E-state index contributed by atoms with van der Waals surface area (Å²) in [6.45, 7) is 2.70. The van der Waals surface area contributed by atoms with Crippen LogP contribution >= 0.6 is 0 Å². The fourth-order valence-corrected chi connectivity index (χ4v) is 1.73. The number of amides is 2. The van der Waals surface area contributed by atoms with E-state index in [2.05, 4.69) is 0 Å². The molecule has 6 nitrogen and oxygen atoms in total. The van der Waals surface area contributed by atoms with Crippen LogP contribution in [0.1, 0.15) is 25.8 Å². The molecular weight excluding hydrogens is 262 g/mol. The van der Waals surface area contributed by atoms with Crippen LogP contribution in [-0.4, -0.2) is 34.0 Å². The van der Waals surface area contributed by atoms with E-state index in [0.29, 0.717) is 4.90 Å². The van der Waals surface area contributed by atoms with Crippen LogP contribution in [0.15, 0.2) is 30.3 Å². The molecule has 1 aromatic rings. The average molecular weight is 279 g/mol. The average Bonchev–Trinajstić information content (AvgIpc) is 2.42. The first-order valence-corrected chi connectivity index (χ1v) is 6.20. The zero-order valence-corrected chi connectivity index (χ0v) is 11.4. The molecule has 2 amide bonds. The van der Waals surface area contributed by atoms with Gasteiger partial charge in [-0.1, -0.05) is 37.3 Å². The molecule has 0 saturated heterocycles. The van der Waals surface area contributed by atoms with Crippen molar-refractivity contribution in [1.82, 2.24) is 4.90 Å². The summed E-state index contributed by atoms with van der Waals surface area (Å²) in [4.78, 5) is 35.0. The van der Waals surface area contributed by atoms with Gasteiger partial charge < -0.3 is 9.84 Å². The maximum Gasteiger partial charge on any atom is 0.417 e. The van der Waals surface area contributed by atoms with Crippen LogP contribution < -0.4 is 0 Å². The van der Waals surface area contributed by atoms with Gasteiger partial charge in [-0.25, -0.2) is 14.5 Å². The molecule has 0 heterocycles. The molecule has 0 aromatic heterocycles. The Kier molecular flexibility index (Phi) is 5.71. The van der Waals surface area contributed by atoms with Gasteiger partial charge in [0, 0.05) is 6.92 Å². The van der Waals surface area contributed by atoms with Crippen LogP contribution in [0.25, 0.3) is 0 Å². The van der Waals surface area contributed by atoms with E-state index in [0.717, 1.165) is 12.5 Å². The van der Waals surface area contributed by atoms with Crippen molar-refractivity contribution < 1.29 is 24.2 Å². The quantitative estimate of drug-likeness (QED) is 0.891. The van der Waals surface area contributed by atoms with Gasteiger partial charge in [-0.2, -0.15) is 0 Å². The molecule has 0 radical (unpaired) electrons. The molecule has 0 aliphatic heterocycles. The third-order valence-corrected chi connectivity index (χ3v) is 2.72. The monoisotopic (exact) mass is 279 g/mol. The Balaban J connectivity index is 2.75. The summed E-state index contributed by atoms with van der Waals surface area (Å²) >= 11 is 0. The lowest BCUT2D eigenvalue weighted by Gasteiger charge is -2.24. The predicted molar refractivity (Wildman–Crippen MR) is 70.9 cm³/mol. The summed E-state index contributed by atoms with van der Waals surface area (Å²) in [6, 6.07) is 7.72. The van der Waals surface area contributed by atoms with E-state index in [-0.39, 0.29) is 13.0 Å². The van der Waals surface area contributed by atoms with Crippen LogP contribution in [0.3, 0.4) is 0 Å². The highest BCUT2D eigenvalue weighted by Gasteiger charge is 2.32. The smallest absolute Gasteiger partial charge is 0.417 e. The molecule has 0 aliphatic carbocycles. The topological polar surface area (TPSA) is 83.9 Å². The van der Waals surface area contributed by atoms with Gasteiger partial charge in [0.1, 0.15) is 12.6 Å². The number of imide groups is 1. The summed E-state index contributed by atoms with van der Waals surface area (Å²) in [5, 5.41) is 9.03. The standard InChI is InChI=1S/C14H17NO5/c1-3-12(13(17)18)15(10(2)16)14(19)20-9-11-7-5-4-6-8-11/h4-8,12H,3,9H2,1-2H3,(H,17,18)/t12-/m1/s1. The van der Waals surface area contributed by atoms with Crippen molar-refractivity contribution in [3.63, 3.8) is 0 Å². The minimum absolute atomic E-state index is 0.0144. The van der Waals surface area contributed by atoms with Crippen LogP contribution in [0.2, 0.25) is 0 Å². The SMILES string of the molecule is CC[C@H](C(=O)O)N(C(C)=O)C(=O)OCc1ccccc1. The molecule has 20 heavy (non-hydrogen) atoms. The zero-order chi connectivity index (χ0) is 15.1. The van der Waals surface area contributed by atoms with Crippen LogP contribution in [0.4, 0.5) is 4.79 Å². The van der Waals surface area contributed by atoms with Crippen molar-refractivity contribution in [2.45, 2.75) is 32.9 Å². The number of hydrogen-bond acceptors (Lipinski definition) is 4. The first-order chi connectivity index (χ1) is 9.47. The van der Waals surface area contributed by atoms with Crippen molar-refractivity contribution in [3.05, 3.63) is 35.9 Å². The van der Waals surface area contributed by atoms with Crippen molar-refractivity contribution in [2.24, 2.45) is 0 Å². The van der Waals surface area contributed by atoms with Crippen LogP contribution in [0.5, 0.6) is 0 Å². The van der Waals surface area contributed by atoms with Gasteiger partial charge in [0.25, 0.3) is 0 Å². The van der Waals surface area contributed by atoms with Gasteiger partial charge in [-0.05, 0) is 12.0 Å². The number of carbonyl (C=O) groups excluding carboxylic acids is 2. The highest BCUT2D eigenvalue weighted by atomic mass is 16.6. The highest BCUT2D eigenvalue weighted by Crippen LogP contribution is 2.10. The summed E-state index contributed by atoms with van der Waals surface area (Å²) in [6.07, 6.45) is -0.828. The lowest BCUT2D eigenvalue weighted by Crippen LogP contribution is -2.47. The second-order valence-electron chi connectivity index (χ2n) is 4.19. The third-order valence-electron chi connectivity index (χ3n) is 2.72. The highest BCUT2D eigenvalue weighted by molar-refractivity contribution is 5.95. The summed E-state index contributed by atoms with van der Waals surface area (Å²) in [5.74, 6) is -1.89. The number of carboxylic acid groups (broad SMARTS) is 1. The van der Waals surface area contributed by atoms with Gasteiger partial charge in [0.15, 0.2) is 0 Å². The molecule has 0 aliphatic rings. The fraction of sp³-hybridized carbons (Fsp3) is 0.357. The molecule has 0 spiro atoms. The van der Waals surface area contributed by atoms with E-state index >= 15 is 0 Å². The molecule has 6 heteroatoms. The molecule has 0 fully saturated rings. The zero-order valence-electron chi connectivity index (χ0n) is 11.4. The number of ether oxygens (including phenoxy) is 1. The van der Waals surface area contributed by atoms with Crippen LogP contribution in [-0.2, 0) is 20.9 Å². The molecule has 1 atom stereocenters. The first-order valence-electron chi connectivity index (χ1n) is 6.20. The molecule has 0 bridgehead atoms. The van der Waals surface area contributed by atoms with Crippen LogP contribution in [0, 0.1) is 0 Å². The number of rotatable bonds is 5. The Morgan fingerprint density at radius 1 is 1.25 bits per heavy atom. The van der Waals surface area contributed by atoms with E-state index in [1.54, 1.807) is 31.2 Å². The minimum atomic E-state index is -1.24. The van der Waals surface area contributed by atoms with Crippen molar-refractivity contribution in [3.8, 4) is 0 Å². The summed E-state index contributed by atoms with van der Waals surface area (Å²) in [5.41, 5.74) is 0.757. The van der Waals surface area contributed by atoms with Gasteiger partial charge >= 0.3 is 12.1 Å². The Morgan fingerprint density at radius 3 is 2.30 bits per heavy atom. The number of hydrogen-bond donors (Lipinski definition) is 1. The number of carboxylic acids is 1. The van der Waals surface area contributed by atoms with Gasteiger partial charge in [0.05, 0.1) is 0 Å². The normalized spacial score (nSPS) is 11.5. The predicted octanol–water partition coefficient (Wildman–Crippen LogP) is 2.03. The minimum Gasteiger partial charge on any atom is -0.480 e. The number of aliphatic carboxylic acids is 1. The largest absolute Gasteiger partial charge is 0.480 e. The van der Waals surface area contributed by atoms with E-state index < -0.39 is 24.0 Å². The lowest BCUT2D eigenvalue weighted by molar-refractivity contribution is -0.148. The summed E-state index contributed by atoms with van der Waals surface area (Å²) in [7, 11) is 0. The Hall–Kier alpha value is -2.37. The Bertz CT molecular complexity index is 486. The van der Waals surface area contributed by atoms with E-state index in [1.165, 1.54) is 0 Å². The molecule has 108 valence electrons. The molecule has 0 unspecified atom stereocenters. The maximum absolute atomic E-state index is 11.9. The van der Waals surface area contributed by atoms with E-state index in [9.17, 15) is 14.4 Å². The summed E-state index contributed by atoms with van der Waals surface area (Å²) < 4.78 is 4.99. The molecule has 0 saturated carbocycles. The van der Waals surface area contributed by atoms with E-state index in [4.69, 9.17) is 9.84 Å². The maximum atomic E-state index is 11.9. The van der Waals surface area contributed by atoms with Crippen molar-refractivity contribution >= 4 is 18.0 Å². The fourth-order valence-electron chi connectivity index (χ4n) is 1.73. The van der Waals surface area contributed by atoms with Crippen molar-refractivity contribution in [1.29, 1.82) is 0 Å². The van der Waals surface area contributed by atoms with Gasteiger partial charge in [0.2, 0.25) is 5.91 Å². The second-order valence-corrected chi connectivity index (χ2v) is 4.19. The molecule has 1 rings (SSSR count). The van der Waals surface area contributed by atoms with E-state index in [1.807, 2.05) is 6.07 Å². The van der Waals surface area contributed by atoms with Crippen molar-refractivity contribution in [2.75, 3.05) is 0 Å². The Labute approximate surface area is 117 Å². The van der Waals surface area contributed by atoms with Gasteiger partial charge in [-0.15, -0.1) is 0 Å². The third kappa shape index (κ3) is 4.08. The number of benzene rings is 1. The molecule has 1 aromatic carbocycles. The first kappa shape index (κ1) is 15.7.